The summed E-state index contributed by atoms with van der Waals surface area (Å²) in [4.78, 5) is -0.335. The monoisotopic (exact) mass is 303 g/mol. The molecule has 3 nitrogen and oxygen atoms in total. The van der Waals surface area contributed by atoms with Crippen molar-refractivity contribution in [3.05, 3.63) is 29.8 Å². The van der Waals surface area contributed by atoms with E-state index in [2.05, 4.69) is 13.8 Å². The van der Waals surface area contributed by atoms with Crippen molar-refractivity contribution < 1.29 is 17.2 Å². The lowest BCUT2D eigenvalue weighted by Gasteiger charge is -2.53. The number of sulfone groups is 1. The fraction of sp³-hybridized carbons (Fsp3) is 0.571. The molecule has 0 saturated heterocycles. The Hall–Kier alpha value is -1.01. The van der Waals surface area contributed by atoms with Gasteiger partial charge in [-0.1, -0.05) is 26.0 Å². The van der Waals surface area contributed by atoms with Gasteiger partial charge in [0.25, 0.3) is 0 Å². The minimum absolute atomic E-state index is 0.0108. The minimum atomic E-state index is -4.51. The van der Waals surface area contributed by atoms with Crippen LogP contribution in [0.4, 0.5) is 8.78 Å². The highest BCUT2D eigenvalue weighted by molar-refractivity contribution is 7.91. The first-order valence-electron chi connectivity index (χ1n) is 6.61. The predicted molar refractivity (Wildman–Crippen MR) is 73.4 cm³/mol. The van der Waals surface area contributed by atoms with Crippen LogP contribution in [-0.4, -0.2) is 20.2 Å². The van der Waals surface area contributed by atoms with Crippen molar-refractivity contribution in [3.63, 3.8) is 0 Å². The number of alkyl halides is 2. The molecule has 112 valence electrons. The molecule has 1 aromatic rings. The van der Waals surface area contributed by atoms with Crippen LogP contribution in [0.3, 0.4) is 0 Å². The Morgan fingerprint density at radius 2 is 1.90 bits per heavy atom. The zero-order valence-corrected chi connectivity index (χ0v) is 12.3. The molecule has 1 aliphatic carbocycles. The average Bonchev–Trinajstić information content (AvgIpc) is 2.43. The van der Waals surface area contributed by atoms with Gasteiger partial charge in [-0.15, -0.1) is 0 Å². The zero-order chi connectivity index (χ0) is 15.1. The van der Waals surface area contributed by atoms with Gasteiger partial charge in [-0.05, 0) is 41.9 Å². The Bertz CT molecular complexity index is 586. The van der Waals surface area contributed by atoms with E-state index in [1.807, 2.05) is 0 Å². The van der Waals surface area contributed by atoms with Crippen molar-refractivity contribution in [2.45, 2.75) is 49.3 Å². The molecule has 0 heterocycles. The Morgan fingerprint density at radius 1 is 1.35 bits per heavy atom. The molecule has 1 saturated carbocycles. The summed E-state index contributed by atoms with van der Waals surface area (Å²) in [6.45, 7) is 4.18. The van der Waals surface area contributed by atoms with Gasteiger partial charge in [-0.25, -0.2) is 8.42 Å². The van der Waals surface area contributed by atoms with Crippen molar-refractivity contribution in [1.82, 2.24) is 0 Å². The van der Waals surface area contributed by atoms with E-state index in [9.17, 15) is 17.2 Å². The van der Waals surface area contributed by atoms with Gasteiger partial charge in [0.2, 0.25) is 9.84 Å². The number of hydrogen-bond acceptors (Lipinski definition) is 3. The van der Waals surface area contributed by atoms with Crippen LogP contribution >= 0.6 is 0 Å². The van der Waals surface area contributed by atoms with Crippen LogP contribution in [0.5, 0.6) is 0 Å². The first-order valence-corrected chi connectivity index (χ1v) is 8.15. The van der Waals surface area contributed by atoms with Gasteiger partial charge < -0.3 is 5.73 Å². The van der Waals surface area contributed by atoms with Crippen LogP contribution in [0, 0.1) is 5.41 Å². The summed E-state index contributed by atoms with van der Waals surface area (Å²) in [6, 6.07) is 5.90. The van der Waals surface area contributed by atoms with Crippen molar-refractivity contribution in [3.8, 4) is 0 Å². The molecular formula is C14H19F2NO2S. The van der Waals surface area contributed by atoms with Crippen molar-refractivity contribution >= 4 is 9.84 Å². The van der Waals surface area contributed by atoms with Gasteiger partial charge in [0.15, 0.2) is 0 Å². The smallest absolute Gasteiger partial charge is 0.327 e. The SMILES string of the molecule is CCC1(C)C(N)CC1c1ccc(S(=O)(=O)C(F)F)cc1. The molecule has 3 unspecified atom stereocenters. The number of nitrogens with two attached hydrogens (primary N) is 1. The molecule has 0 aromatic heterocycles. The normalized spacial score (nSPS) is 30.3. The Kier molecular flexibility index (Phi) is 3.90. The number of rotatable bonds is 4. The van der Waals surface area contributed by atoms with Gasteiger partial charge in [0.05, 0.1) is 4.90 Å². The Balaban J connectivity index is 2.27. The van der Waals surface area contributed by atoms with Gasteiger partial charge in [-0.3, -0.25) is 0 Å². The highest BCUT2D eigenvalue weighted by atomic mass is 32.2. The molecule has 0 spiro atoms. The van der Waals surface area contributed by atoms with E-state index in [1.165, 1.54) is 12.1 Å². The summed E-state index contributed by atoms with van der Waals surface area (Å²) in [7, 11) is -4.51. The van der Waals surface area contributed by atoms with E-state index in [0.717, 1.165) is 18.4 Å². The van der Waals surface area contributed by atoms with Gasteiger partial charge >= 0.3 is 5.76 Å². The molecule has 0 aliphatic heterocycles. The Morgan fingerprint density at radius 3 is 2.30 bits per heavy atom. The van der Waals surface area contributed by atoms with E-state index in [0.29, 0.717) is 0 Å². The van der Waals surface area contributed by atoms with Gasteiger partial charge in [0.1, 0.15) is 0 Å². The van der Waals surface area contributed by atoms with Gasteiger partial charge in [-0.2, -0.15) is 8.78 Å². The Labute approximate surface area is 118 Å². The molecule has 0 radical (unpaired) electrons. The molecular weight excluding hydrogens is 284 g/mol. The van der Waals surface area contributed by atoms with Crippen LogP contribution in [0.2, 0.25) is 0 Å². The second-order valence-electron chi connectivity index (χ2n) is 5.63. The van der Waals surface area contributed by atoms with Crippen LogP contribution in [0.15, 0.2) is 29.2 Å². The molecule has 3 atom stereocenters. The molecule has 0 bridgehead atoms. The van der Waals surface area contributed by atoms with Crippen LogP contribution in [0.25, 0.3) is 0 Å². The summed E-state index contributed by atoms with van der Waals surface area (Å²) in [5.41, 5.74) is 6.99. The molecule has 2 N–H and O–H groups in total. The lowest BCUT2D eigenvalue weighted by Crippen LogP contribution is -2.54. The third kappa shape index (κ3) is 2.24. The van der Waals surface area contributed by atoms with Crippen LogP contribution < -0.4 is 5.73 Å². The maximum absolute atomic E-state index is 12.5. The maximum Gasteiger partial charge on any atom is 0.341 e. The molecule has 20 heavy (non-hydrogen) atoms. The fourth-order valence-corrected chi connectivity index (χ4v) is 3.63. The van der Waals surface area contributed by atoms with Crippen molar-refractivity contribution in [1.29, 1.82) is 0 Å². The lowest BCUT2D eigenvalue weighted by molar-refractivity contribution is 0.0706. The van der Waals surface area contributed by atoms with Crippen molar-refractivity contribution in [2.75, 3.05) is 0 Å². The van der Waals surface area contributed by atoms with E-state index in [4.69, 9.17) is 5.73 Å². The molecule has 1 fully saturated rings. The van der Waals surface area contributed by atoms with E-state index >= 15 is 0 Å². The lowest BCUT2D eigenvalue weighted by atomic mass is 9.54. The molecule has 0 amide bonds. The molecule has 1 aliphatic rings. The summed E-state index contributed by atoms with van der Waals surface area (Å²) < 4.78 is 47.6. The topological polar surface area (TPSA) is 60.2 Å². The summed E-state index contributed by atoms with van der Waals surface area (Å²) in [5, 5.41) is 0. The first-order chi connectivity index (χ1) is 9.23. The molecule has 6 heteroatoms. The van der Waals surface area contributed by atoms with Crippen LogP contribution in [-0.2, 0) is 9.84 Å². The minimum Gasteiger partial charge on any atom is -0.327 e. The van der Waals surface area contributed by atoms with E-state index in [-0.39, 0.29) is 22.3 Å². The zero-order valence-electron chi connectivity index (χ0n) is 11.5. The summed E-state index contributed by atoms with van der Waals surface area (Å²) >= 11 is 0. The number of benzene rings is 1. The fourth-order valence-electron chi connectivity index (χ4n) is 2.91. The van der Waals surface area contributed by atoms with Crippen molar-refractivity contribution in [2.24, 2.45) is 11.1 Å². The highest BCUT2D eigenvalue weighted by Crippen LogP contribution is 2.53. The number of halogens is 2. The quantitative estimate of drug-likeness (QED) is 0.930. The standard InChI is InChI=1S/C14H19F2NO2S/c1-3-14(2)11(8-12(14)17)9-4-6-10(7-5-9)20(18,19)13(15)16/h4-7,11-13H,3,8,17H2,1-2H3. The average molecular weight is 303 g/mol. The maximum atomic E-state index is 12.5. The largest absolute Gasteiger partial charge is 0.341 e. The third-order valence-corrected chi connectivity index (χ3v) is 6.14. The van der Waals surface area contributed by atoms with E-state index < -0.39 is 15.6 Å². The second-order valence-corrected chi connectivity index (χ2v) is 7.55. The summed E-state index contributed by atoms with van der Waals surface area (Å²) in [6.07, 6.45) is 1.77. The third-order valence-electron chi connectivity index (χ3n) is 4.74. The highest BCUT2D eigenvalue weighted by Gasteiger charge is 2.48. The first kappa shape index (κ1) is 15.4. The molecule has 2 rings (SSSR count). The van der Waals surface area contributed by atoms with Crippen LogP contribution in [0.1, 0.15) is 38.2 Å². The molecule has 1 aromatic carbocycles. The summed E-state index contributed by atoms with van der Waals surface area (Å²) in [5.74, 6) is -3.13. The number of hydrogen-bond donors (Lipinski definition) is 1. The second kappa shape index (κ2) is 5.07. The predicted octanol–water partition coefficient (Wildman–Crippen LogP) is 2.91. The van der Waals surface area contributed by atoms with Gasteiger partial charge in [0, 0.05) is 6.04 Å². The van der Waals surface area contributed by atoms with E-state index in [1.54, 1.807) is 12.1 Å².